The fraction of sp³-hybridized carbons (Fsp3) is 0.875. The predicted octanol–water partition coefficient (Wildman–Crippen LogP) is 1.65. The largest absolute Gasteiger partial charge is 0.330 e. The second-order valence-corrected chi connectivity index (χ2v) is 3.09. The third-order valence-corrected chi connectivity index (χ3v) is 1.75. The summed E-state index contributed by atoms with van der Waals surface area (Å²) in [4.78, 5) is 0. The Morgan fingerprint density at radius 1 is 1.40 bits per heavy atom. The van der Waals surface area contributed by atoms with Crippen LogP contribution in [0.25, 0.3) is 0 Å². The van der Waals surface area contributed by atoms with Crippen molar-refractivity contribution in [2.75, 3.05) is 6.54 Å². The van der Waals surface area contributed by atoms with E-state index in [1.807, 2.05) is 0 Å². The molecule has 0 aliphatic rings. The van der Waals surface area contributed by atoms with Crippen molar-refractivity contribution < 1.29 is 0 Å². The van der Waals surface area contributed by atoms with Crippen molar-refractivity contribution >= 4 is 5.71 Å². The van der Waals surface area contributed by atoms with Gasteiger partial charge in [-0.2, -0.15) is 0 Å². The Labute approximate surface area is 63.3 Å². The molecule has 0 bridgehead atoms. The standard InChI is InChI=1S/C8H18N2/c1-6(2)8(10)7(3)4-5-9/h6-7,10H,4-5,9H2,1-3H3. The molecule has 0 fully saturated rings. The Morgan fingerprint density at radius 2 is 1.90 bits per heavy atom. The maximum absolute atomic E-state index is 7.60. The topological polar surface area (TPSA) is 49.9 Å². The molecule has 0 amide bonds. The first-order chi connectivity index (χ1) is 4.59. The van der Waals surface area contributed by atoms with E-state index in [9.17, 15) is 0 Å². The molecular formula is C8H18N2. The molecule has 0 saturated heterocycles. The number of nitrogens with one attached hydrogen (secondary N) is 1. The average Bonchev–Trinajstić information content (AvgIpc) is 1.87. The summed E-state index contributed by atoms with van der Waals surface area (Å²) >= 11 is 0. The van der Waals surface area contributed by atoms with Crippen LogP contribution >= 0.6 is 0 Å². The van der Waals surface area contributed by atoms with Crippen LogP contribution < -0.4 is 5.73 Å². The van der Waals surface area contributed by atoms with Crippen molar-refractivity contribution in [3.05, 3.63) is 0 Å². The lowest BCUT2D eigenvalue weighted by Gasteiger charge is -2.14. The van der Waals surface area contributed by atoms with Crippen LogP contribution in [0.4, 0.5) is 0 Å². The van der Waals surface area contributed by atoms with E-state index in [2.05, 4.69) is 20.8 Å². The highest BCUT2D eigenvalue weighted by atomic mass is 14.5. The van der Waals surface area contributed by atoms with Gasteiger partial charge >= 0.3 is 0 Å². The fourth-order valence-corrected chi connectivity index (χ4v) is 0.975. The van der Waals surface area contributed by atoms with Crippen LogP contribution in [-0.2, 0) is 0 Å². The Morgan fingerprint density at radius 3 is 2.20 bits per heavy atom. The smallest absolute Gasteiger partial charge is 0.0143 e. The molecule has 0 radical (unpaired) electrons. The molecular weight excluding hydrogens is 124 g/mol. The zero-order chi connectivity index (χ0) is 8.15. The fourth-order valence-electron chi connectivity index (χ4n) is 0.975. The van der Waals surface area contributed by atoms with Gasteiger partial charge in [0.05, 0.1) is 0 Å². The number of hydrogen-bond donors (Lipinski definition) is 2. The molecule has 60 valence electrons. The summed E-state index contributed by atoms with van der Waals surface area (Å²) in [6, 6.07) is 0. The summed E-state index contributed by atoms with van der Waals surface area (Å²) in [6.45, 7) is 6.86. The van der Waals surface area contributed by atoms with E-state index in [-0.39, 0.29) is 0 Å². The quantitative estimate of drug-likeness (QED) is 0.576. The minimum absolute atomic E-state index is 0.366. The van der Waals surface area contributed by atoms with Crippen LogP contribution in [0.3, 0.4) is 0 Å². The van der Waals surface area contributed by atoms with Gasteiger partial charge in [-0.25, -0.2) is 0 Å². The minimum atomic E-state index is 0.366. The lowest BCUT2D eigenvalue weighted by molar-refractivity contribution is 0.649. The third-order valence-electron chi connectivity index (χ3n) is 1.75. The van der Waals surface area contributed by atoms with Gasteiger partial charge in [-0.15, -0.1) is 0 Å². The van der Waals surface area contributed by atoms with Gasteiger partial charge in [0.2, 0.25) is 0 Å². The summed E-state index contributed by atoms with van der Waals surface area (Å²) in [5, 5.41) is 7.60. The number of nitrogens with two attached hydrogens (primary N) is 1. The van der Waals surface area contributed by atoms with Gasteiger partial charge in [0, 0.05) is 5.71 Å². The molecule has 0 aromatic rings. The molecule has 10 heavy (non-hydrogen) atoms. The minimum Gasteiger partial charge on any atom is -0.330 e. The Bertz CT molecular complexity index is 108. The average molecular weight is 142 g/mol. The van der Waals surface area contributed by atoms with Crippen LogP contribution in [0.2, 0.25) is 0 Å². The molecule has 0 heterocycles. The van der Waals surface area contributed by atoms with Gasteiger partial charge in [0.25, 0.3) is 0 Å². The number of hydrogen-bond acceptors (Lipinski definition) is 2. The van der Waals surface area contributed by atoms with Gasteiger partial charge in [0.15, 0.2) is 0 Å². The maximum Gasteiger partial charge on any atom is 0.0143 e. The maximum atomic E-state index is 7.60. The summed E-state index contributed by atoms with van der Waals surface area (Å²) in [7, 11) is 0. The second-order valence-electron chi connectivity index (χ2n) is 3.09. The molecule has 2 nitrogen and oxygen atoms in total. The molecule has 0 aromatic heterocycles. The molecule has 0 aliphatic heterocycles. The van der Waals surface area contributed by atoms with E-state index in [1.165, 1.54) is 0 Å². The third kappa shape index (κ3) is 2.97. The molecule has 0 rings (SSSR count). The summed E-state index contributed by atoms with van der Waals surface area (Å²) in [5.41, 5.74) is 6.20. The van der Waals surface area contributed by atoms with E-state index in [0.717, 1.165) is 12.1 Å². The SMILES string of the molecule is CC(C)C(=N)C(C)CCN. The van der Waals surface area contributed by atoms with Gasteiger partial charge < -0.3 is 11.1 Å². The normalized spacial score (nSPS) is 13.7. The molecule has 0 spiro atoms. The van der Waals surface area contributed by atoms with Gasteiger partial charge in [0.1, 0.15) is 0 Å². The lowest BCUT2D eigenvalue weighted by atomic mass is 9.93. The molecule has 3 N–H and O–H groups in total. The van der Waals surface area contributed by atoms with Crippen molar-refractivity contribution in [1.29, 1.82) is 5.41 Å². The Kier molecular flexibility index (Phi) is 4.28. The highest BCUT2D eigenvalue weighted by molar-refractivity contribution is 5.85. The molecule has 0 aromatic carbocycles. The summed E-state index contributed by atoms with van der Waals surface area (Å²) < 4.78 is 0. The van der Waals surface area contributed by atoms with Gasteiger partial charge in [-0.05, 0) is 24.8 Å². The van der Waals surface area contributed by atoms with Crippen LogP contribution in [0.5, 0.6) is 0 Å². The van der Waals surface area contributed by atoms with Crippen molar-refractivity contribution in [3.63, 3.8) is 0 Å². The summed E-state index contributed by atoms with van der Waals surface area (Å²) in [6.07, 6.45) is 0.941. The van der Waals surface area contributed by atoms with Crippen molar-refractivity contribution in [2.45, 2.75) is 27.2 Å². The van der Waals surface area contributed by atoms with Gasteiger partial charge in [-0.3, -0.25) is 0 Å². The van der Waals surface area contributed by atoms with Crippen LogP contribution in [0.1, 0.15) is 27.2 Å². The van der Waals surface area contributed by atoms with Crippen LogP contribution in [0.15, 0.2) is 0 Å². The first kappa shape index (κ1) is 9.63. The van der Waals surface area contributed by atoms with E-state index < -0.39 is 0 Å². The second kappa shape index (κ2) is 4.45. The van der Waals surface area contributed by atoms with Gasteiger partial charge in [-0.1, -0.05) is 20.8 Å². The monoisotopic (exact) mass is 142 g/mol. The van der Waals surface area contributed by atoms with E-state index in [4.69, 9.17) is 11.1 Å². The van der Waals surface area contributed by atoms with E-state index in [1.54, 1.807) is 0 Å². The van der Waals surface area contributed by atoms with Crippen LogP contribution in [0, 0.1) is 17.2 Å². The highest BCUT2D eigenvalue weighted by Gasteiger charge is 2.10. The Balaban J connectivity index is 3.71. The molecule has 1 unspecified atom stereocenters. The van der Waals surface area contributed by atoms with E-state index >= 15 is 0 Å². The first-order valence-electron chi connectivity index (χ1n) is 3.88. The highest BCUT2D eigenvalue weighted by Crippen LogP contribution is 2.09. The Hall–Kier alpha value is -0.370. The van der Waals surface area contributed by atoms with Crippen molar-refractivity contribution in [1.82, 2.24) is 0 Å². The molecule has 0 aliphatic carbocycles. The molecule has 1 atom stereocenters. The number of rotatable bonds is 4. The van der Waals surface area contributed by atoms with Crippen molar-refractivity contribution in [2.24, 2.45) is 17.6 Å². The predicted molar refractivity (Wildman–Crippen MR) is 45.4 cm³/mol. The summed E-state index contributed by atoms with van der Waals surface area (Å²) in [5.74, 6) is 0.742. The van der Waals surface area contributed by atoms with Crippen LogP contribution in [-0.4, -0.2) is 12.3 Å². The molecule has 2 heteroatoms. The van der Waals surface area contributed by atoms with E-state index in [0.29, 0.717) is 18.4 Å². The first-order valence-corrected chi connectivity index (χ1v) is 3.88. The lowest BCUT2D eigenvalue weighted by Crippen LogP contribution is -2.19. The zero-order valence-electron chi connectivity index (χ0n) is 7.15. The van der Waals surface area contributed by atoms with Crippen molar-refractivity contribution in [3.8, 4) is 0 Å². The molecule has 0 saturated carbocycles. The zero-order valence-corrected chi connectivity index (χ0v) is 7.15.